The van der Waals surface area contributed by atoms with E-state index in [1.165, 1.54) is 0 Å². The van der Waals surface area contributed by atoms with Crippen LogP contribution in [0, 0.1) is 0 Å². The van der Waals surface area contributed by atoms with E-state index in [1.807, 2.05) is 48.5 Å². The van der Waals surface area contributed by atoms with E-state index in [9.17, 15) is 0 Å². The molecule has 19 heavy (non-hydrogen) atoms. The SMILES string of the molecule is NCC(N)c1ccc(OCc2ccc(Br)cc2)cc1. The Kier molecular flexibility index (Phi) is 4.96. The number of halogens is 1. The third-order valence-electron chi connectivity index (χ3n) is 2.88. The van der Waals surface area contributed by atoms with Crippen LogP contribution in [0.2, 0.25) is 0 Å². The lowest BCUT2D eigenvalue weighted by Crippen LogP contribution is -2.20. The summed E-state index contributed by atoms with van der Waals surface area (Å²) in [6, 6.07) is 15.7. The summed E-state index contributed by atoms with van der Waals surface area (Å²) in [5, 5.41) is 0. The Balaban J connectivity index is 1.94. The first-order chi connectivity index (χ1) is 9.19. The molecule has 1 unspecified atom stereocenters. The van der Waals surface area contributed by atoms with Gasteiger partial charge in [0.05, 0.1) is 0 Å². The molecular formula is C15H17BrN2O. The van der Waals surface area contributed by atoms with Gasteiger partial charge in [0.15, 0.2) is 0 Å². The van der Waals surface area contributed by atoms with Crippen LogP contribution in [0.1, 0.15) is 17.2 Å². The van der Waals surface area contributed by atoms with Crippen LogP contribution in [0.25, 0.3) is 0 Å². The van der Waals surface area contributed by atoms with Crippen molar-refractivity contribution in [2.45, 2.75) is 12.6 Å². The minimum absolute atomic E-state index is 0.111. The van der Waals surface area contributed by atoms with Gasteiger partial charge in [-0.3, -0.25) is 0 Å². The van der Waals surface area contributed by atoms with Crippen molar-refractivity contribution in [3.8, 4) is 5.75 Å². The van der Waals surface area contributed by atoms with Crippen molar-refractivity contribution < 1.29 is 4.74 Å². The molecule has 0 saturated carbocycles. The second-order valence-corrected chi connectivity index (χ2v) is 5.24. The van der Waals surface area contributed by atoms with Gasteiger partial charge in [-0.15, -0.1) is 0 Å². The zero-order valence-corrected chi connectivity index (χ0v) is 12.1. The molecule has 0 radical (unpaired) electrons. The highest BCUT2D eigenvalue weighted by atomic mass is 79.9. The predicted octanol–water partition coefficient (Wildman–Crippen LogP) is 2.99. The first kappa shape index (κ1) is 14.1. The van der Waals surface area contributed by atoms with E-state index in [1.54, 1.807) is 0 Å². The Bertz CT molecular complexity index is 511. The smallest absolute Gasteiger partial charge is 0.119 e. The molecule has 0 aliphatic heterocycles. The third kappa shape index (κ3) is 4.06. The number of rotatable bonds is 5. The molecule has 0 spiro atoms. The monoisotopic (exact) mass is 320 g/mol. The molecule has 0 fully saturated rings. The summed E-state index contributed by atoms with van der Waals surface area (Å²) in [6.07, 6.45) is 0. The Morgan fingerprint density at radius 3 is 2.21 bits per heavy atom. The van der Waals surface area contributed by atoms with Crippen molar-refractivity contribution in [3.05, 3.63) is 64.1 Å². The van der Waals surface area contributed by atoms with Gasteiger partial charge in [0.2, 0.25) is 0 Å². The lowest BCUT2D eigenvalue weighted by Gasteiger charge is -2.11. The average Bonchev–Trinajstić information content (AvgIpc) is 2.46. The van der Waals surface area contributed by atoms with Crippen LogP contribution in [0.5, 0.6) is 5.75 Å². The van der Waals surface area contributed by atoms with E-state index >= 15 is 0 Å². The van der Waals surface area contributed by atoms with Crippen LogP contribution >= 0.6 is 15.9 Å². The van der Waals surface area contributed by atoms with E-state index < -0.39 is 0 Å². The number of nitrogens with two attached hydrogens (primary N) is 2. The van der Waals surface area contributed by atoms with Crippen LogP contribution < -0.4 is 16.2 Å². The molecule has 0 amide bonds. The van der Waals surface area contributed by atoms with Gasteiger partial charge in [-0.1, -0.05) is 40.2 Å². The van der Waals surface area contributed by atoms with Crippen LogP contribution in [0.15, 0.2) is 53.0 Å². The fraction of sp³-hybridized carbons (Fsp3) is 0.200. The predicted molar refractivity (Wildman–Crippen MR) is 80.9 cm³/mol. The van der Waals surface area contributed by atoms with Crippen molar-refractivity contribution in [3.63, 3.8) is 0 Å². The Morgan fingerprint density at radius 2 is 1.63 bits per heavy atom. The summed E-state index contributed by atoms with van der Waals surface area (Å²) in [6.45, 7) is 0.995. The molecule has 0 aliphatic rings. The number of benzene rings is 2. The Labute approximate surface area is 121 Å². The van der Waals surface area contributed by atoms with E-state index in [0.717, 1.165) is 21.3 Å². The lowest BCUT2D eigenvalue weighted by molar-refractivity contribution is 0.306. The number of hydrogen-bond donors (Lipinski definition) is 2. The van der Waals surface area contributed by atoms with Gasteiger partial charge < -0.3 is 16.2 Å². The summed E-state index contributed by atoms with van der Waals surface area (Å²) in [5.41, 5.74) is 13.5. The zero-order chi connectivity index (χ0) is 13.7. The molecule has 1 atom stereocenters. The van der Waals surface area contributed by atoms with Crippen molar-refractivity contribution >= 4 is 15.9 Å². The molecule has 2 aromatic rings. The maximum atomic E-state index is 5.85. The van der Waals surface area contributed by atoms with E-state index in [2.05, 4.69) is 15.9 Å². The van der Waals surface area contributed by atoms with Gasteiger partial charge in [-0.05, 0) is 35.4 Å². The quantitative estimate of drug-likeness (QED) is 0.890. The summed E-state index contributed by atoms with van der Waals surface area (Å²) in [4.78, 5) is 0. The standard InChI is InChI=1S/C15H17BrN2O/c16-13-5-1-11(2-6-13)10-19-14-7-3-12(4-8-14)15(18)9-17/h1-8,15H,9-10,17-18H2. The molecule has 2 aromatic carbocycles. The van der Waals surface area contributed by atoms with Gasteiger partial charge >= 0.3 is 0 Å². The normalized spacial score (nSPS) is 12.2. The molecular weight excluding hydrogens is 304 g/mol. The highest BCUT2D eigenvalue weighted by Crippen LogP contribution is 2.18. The summed E-state index contributed by atoms with van der Waals surface area (Å²) >= 11 is 3.41. The molecule has 4 N–H and O–H groups in total. The highest BCUT2D eigenvalue weighted by molar-refractivity contribution is 9.10. The number of hydrogen-bond acceptors (Lipinski definition) is 3. The van der Waals surface area contributed by atoms with E-state index in [-0.39, 0.29) is 6.04 Å². The van der Waals surface area contributed by atoms with Crippen molar-refractivity contribution in [1.29, 1.82) is 0 Å². The largest absolute Gasteiger partial charge is 0.489 e. The van der Waals surface area contributed by atoms with Gasteiger partial charge in [0, 0.05) is 17.1 Å². The van der Waals surface area contributed by atoms with Gasteiger partial charge in [-0.2, -0.15) is 0 Å². The first-order valence-corrected chi connectivity index (χ1v) is 6.91. The molecule has 0 bridgehead atoms. The Hall–Kier alpha value is -1.36. The average molecular weight is 321 g/mol. The van der Waals surface area contributed by atoms with Gasteiger partial charge in [0.1, 0.15) is 12.4 Å². The fourth-order valence-electron chi connectivity index (χ4n) is 1.69. The molecule has 100 valence electrons. The summed E-state index contributed by atoms with van der Waals surface area (Å²) in [7, 11) is 0. The first-order valence-electron chi connectivity index (χ1n) is 6.12. The summed E-state index contributed by atoms with van der Waals surface area (Å²) < 4.78 is 6.78. The molecule has 4 heteroatoms. The van der Waals surface area contributed by atoms with Crippen molar-refractivity contribution in [2.75, 3.05) is 6.54 Å². The second-order valence-electron chi connectivity index (χ2n) is 4.33. The minimum atomic E-state index is -0.111. The Morgan fingerprint density at radius 1 is 1.00 bits per heavy atom. The number of ether oxygens (including phenoxy) is 1. The van der Waals surface area contributed by atoms with Crippen LogP contribution in [-0.4, -0.2) is 6.54 Å². The molecule has 0 heterocycles. The topological polar surface area (TPSA) is 61.3 Å². The van der Waals surface area contributed by atoms with Crippen LogP contribution in [0.3, 0.4) is 0 Å². The van der Waals surface area contributed by atoms with E-state index in [0.29, 0.717) is 13.2 Å². The molecule has 2 rings (SSSR count). The van der Waals surface area contributed by atoms with Crippen LogP contribution in [0.4, 0.5) is 0 Å². The van der Waals surface area contributed by atoms with Crippen LogP contribution in [-0.2, 0) is 6.61 Å². The maximum absolute atomic E-state index is 5.85. The molecule has 0 aliphatic carbocycles. The molecule has 0 aromatic heterocycles. The fourth-order valence-corrected chi connectivity index (χ4v) is 1.96. The van der Waals surface area contributed by atoms with E-state index in [4.69, 9.17) is 16.2 Å². The third-order valence-corrected chi connectivity index (χ3v) is 3.41. The molecule has 0 saturated heterocycles. The molecule has 3 nitrogen and oxygen atoms in total. The van der Waals surface area contributed by atoms with Gasteiger partial charge in [0.25, 0.3) is 0 Å². The minimum Gasteiger partial charge on any atom is -0.489 e. The van der Waals surface area contributed by atoms with Crippen molar-refractivity contribution in [2.24, 2.45) is 11.5 Å². The van der Waals surface area contributed by atoms with Gasteiger partial charge in [-0.25, -0.2) is 0 Å². The maximum Gasteiger partial charge on any atom is 0.119 e. The van der Waals surface area contributed by atoms with Crippen molar-refractivity contribution in [1.82, 2.24) is 0 Å². The zero-order valence-electron chi connectivity index (χ0n) is 10.6. The second kappa shape index (κ2) is 6.70. The lowest BCUT2D eigenvalue weighted by atomic mass is 10.1. The summed E-state index contributed by atoms with van der Waals surface area (Å²) in [5.74, 6) is 0.830. The highest BCUT2D eigenvalue weighted by Gasteiger charge is 2.03.